The molecule has 0 saturated carbocycles. The zero-order valence-corrected chi connectivity index (χ0v) is 12.0. The molecule has 3 heterocycles. The molecule has 20 heavy (non-hydrogen) atoms. The third kappa shape index (κ3) is 2.41. The van der Waals surface area contributed by atoms with Gasteiger partial charge in [0.1, 0.15) is 5.65 Å². The number of aromatic nitrogens is 2. The normalized spacial score (nSPS) is 17.1. The van der Waals surface area contributed by atoms with Crippen LogP contribution in [0.15, 0.2) is 30.7 Å². The van der Waals surface area contributed by atoms with Crippen molar-refractivity contribution in [2.24, 2.45) is 5.41 Å². The van der Waals surface area contributed by atoms with Gasteiger partial charge in [-0.15, -0.1) is 5.06 Å². The van der Waals surface area contributed by atoms with Crippen LogP contribution < -0.4 is 0 Å². The molecule has 0 unspecified atom stereocenters. The largest absolute Gasteiger partial charge is 0.367 e. The fourth-order valence-electron chi connectivity index (χ4n) is 2.16. The number of hydrogen-bond acceptors (Lipinski definition) is 4. The summed E-state index contributed by atoms with van der Waals surface area (Å²) in [4.78, 5) is 21.4. The maximum Gasteiger partial charge on any atom is 0.330 e. The predicted molar refractivity (Wildman–Crippen MR) is 75.1 cm³/mol. The van der Waals surface area contributed by atoms with Crippen molar-refractivity contribution in [2.45, 2.75) is 26.7 Å². The minimum Gasteiger partial charge on any atom is -0.367 e. The summed E-state index contributed by atoms with van der Waals surface area (Å²) in [6.45, 7) is 7.08. The highest BCUT2D eigenvalue weighted by atomic mass is 16.7. The van der Waals surface area contributed by atoms with Gasteiger partial charge >= 0.3 is 5.97 Å². The van der Waals surface area contributed by atoms with Crippen LogP contribution >= 0.6 is 0 Å². The van der Waals surface area contributed by atoms with Gasteiger partial charge in [0.05, 0.1) is 5.41 Å². The summed E-state index contributed by atoms with van der Waals surface area (Å²) in [5, 5.41) is 1.73. The van der Waals surface area contributed by atoms with Gasteiger partial charge in [-0.1, -0.05) is 0 Å². The summed E-state index contributed by atoms with van der Waals surface area (Å²) in [6, 6.07) is 4.19. The number of pyridine rings is 1. The highest BCUT2D eigenvalue weighted by Gasteiger charge is 2.34. The molecule has 0 aromatic carbocycles. The van der Waals surface area contributed by atoms with Crippen molar-refractivity contribution in [1.29, 1.82) is 0 Å². The number of hydrogen-bond donors (Lipinski definition) is 0. The van der Waals surface area contributed by atoms with Crippen molar-refractivity contribution in [3.8, 4) is 0 Å². The molecule has 0 N–H and O–H groups in total. The summed E-state index contributed by atoms with van der Waals surface area (Å²) in [7, 11) is 0. The van der Waals surface area contributed by atoms with E-state index in [-0.39, 0.29) is 5.97 Å². The quantitative estimate of drug-likeness (QED) is 0.842. The van der Waals surface area contributed by atoms with E-state index < -0.39 is 5.41 Å². The molecule has 3 rings (SSSR count). The third-order valence-electron chi connectivity index (χ3n) is 3.57. The molecule has 0 bridgehead atoms. The second-order valence-corrected chi connectivity index (χ2v) is 6.33. The Hall–Kier alpha value is -1.88. The van der Waals surface area contributed by atoms with Crippen molar-refractivity contribution in [3.05, 3.63) is 36.3 Å². The lowest BCUT2D eigenvalue weighted by Gasteiger charge is -2.38. The Morgan fingerprint density at radius 2 is 2.10 bits per heavy atom. The lowest BCUT2D eigenvalue weighted by Crippen LogP contribution is -2.47. The number of carbonyl (C=O) groups is 1. The van der Waals surface area contributed by atoms with Gasteiger partial charge in [-0.25, -0.2) is 9.78 Å². The Kier molecular flexibility index (Phi) is 3.01. The standard InChI is InChI=1S/C15H19N3O2/c1-15(2,3)14(19)20-18-9-12(10-18)11-4-6-17-7-5-16-13(17)8-11/h4-8,12H,9-10H2,1-3H3. The molecule has 0 amide bonds. The van der Waals surface area contributed by atoms with Gasteiger partial charge in [-0.3, -0.25) is 0 Å². The molecule has 0 aliphatic carbocycles. The molecule has 1 fully saturated rings. The van der Waals surface area contributed by atoms with Crippen LogP contribution in [0.25, 0.3) is 5.65 Å². The minimum absolute atomic E-state index is 0.181. The monoisotopic (exact) mass is 273 g/mol. The molecular weight excluding hydrogens is 254 g/mol. The van der Waals surface area contributed by atoms with E-state index in [0.717, 1.165) is 18.7 Å². The van der Waals surface area contributed by atoms with Crippen molar-refractivity contribution in [1.82, 2.24) is 14.4 Å². The predicted octanol–water partition coefficient (Wildman–Crippen LogP) is 2.24. The summed E-state index contributed by atoms with van der Waals surface area (Å²) in [5.74, 6) is 0.226. The Bertz CT molecular complexity index is 636. The number of fused-ring (bicyclic) bond motifs is 1. The molecule has 5 heteroatoms. The molecule has 1 aliphatic rings. The van der Waals surface area contributed by atoms with Crippen LogP contribution in [0.1, 0.15) is 32.3 Å². The zero-order valence-electron chi connectivity index (χ0n) is 12.0. The van der Waals surface area contributed by atoms with Crippen LogP contribution in [-0.4, -0.2) is 33.5 Å². The molecule has 0 radical (unpaired) electrons. The van der Waals surface area contributed by atoms with Crippen molar-refractivity contribution >= 4 is 11.6 Å². The maximum absolute atomic E-state index is 11.8. The SMILES string of the molecule is CC(C)(C)C(=O)ON1CC(c2ccn3ccnc3c2)C1. The molecule has 5 nitrogen and oxygen atoms in total. The van der Waals surface area contributed by atoms with Crippen LogP contribution in [-0.2, 0) is 9.63 Å². The first-order valence-corrected chi connectivity index (χ1v) is 6.83. The van der Waals surface area contributed by atoms with Gasteiger partial charge < -0.3 is 9.24 Å². The lowest BCUT2D eigenvalue weighted by atomic mass is 9.94. The minimum atomic E-state index is -0.458. The van der Waals surface area contributed by atoms with Gasteiger partial charge in [-0.05, 0) is 38.5 Å². The molecule has 0 spiro atoms. The summed E-state index contributed by atoms with van der Waals surface area (Å²) >= 11 is 0. The van der Waals surface area contributed by atoms with E-state index in [4.69, 9.17) is 4.84 Å². The average Bonchev–Trinajstić information content (AvgIpc) is 2.78. The fraction of sp³-hybridized carbons (Fsp3) is 0.467. The van der Waals surface area contributed by atoms with Gasteiger partial charge in [0.15, 0.2) is 0 Å². The molecule has 1 saturated heterocycles. The van der Waals surface area contributed by atoms with E-state index in [0.29, 0.717) is 5.92 Å². The number of imidazole rings is 1. The van der Waals surface area contributed by atoms with E-state index in [9.17, 15) is 4.79 Å². The smallest absolute Gasteiger partial charge is 0.330 e. The van der Waals surface area contributed by atoms with Crippen LogP contribution in [0.3, 0.4) is 0 Å². The second kappa shape index (κ2) is 4.59. The zero-order chi connectivity index (χ0) is 14.3. The summed E-state index contributed by atoms with van der Waals surface area (Å²) in [5.41, 5.74) is 1.74. The van der Waals surface area contributed by atoms with E-state index >= 15 is 0 Å². The second-order valence-electron chi connectivity index (χ2n) is 6.33. The third-order valence-corrected chi connectivity index (χ3v) is 3.57. The molecule has 2 aromatic heterocycles. The van der Waals surface area contributed by atoms with Crippen LogP contribution in [0.4, 0.5) is 0 Å². The van der Waals surface area contributed by atoms with Crippen molar-refractivity contribution in [2.75, 3.05) is 13.1 Å². The molecule has 0 atom stereocenters. The summed E-state index contributed by atoms with van der Waals surface area (Å²) in [6.07, 6.45) is 5.73. The summed E-state index contributed by atoms with van der Waals surface area (Å²) < 4.78 is 1.99. The van der Waals surface area contributed by atoms with Gasteiger partial charge in [-0.2, -0.15) is 0 Å². The fourth-order valence-corrected chi connectivity index (χ4v) is 2.16. The first-order chi connectivity index (χ1) is 9.43. The average molecular weight is 273 g/mol. The topological polar surface area (TPSA) is 46.8 Å². The van der Waals surface area contributed by atoms with Gasteiger partial charge in [0.2, 0.25) is 0 Å². The number of hydroxylamine groups is 2. The molecule has 2 aromatic rings. The van der Waals surface area contributed by atoms with E-state index in [2.05, 4.69) is 17.1 Å². The highest BCUT2D eigenvalue weighted by molar-refractivity contribution is 5.75. The number of rotatable bonds is 2. The van der Waals surface area contributed by atoms with E-state index in [1.807, 2.05) is 37.6 Å². The van der Waals surface area contributed by atoms with E-state index in [1.165, 1.54) is 5.56 Å². The maximum atomic E-state index is 11.8. The molecular formula is C15H19N3O2. The first-order valence-electron chi connectivity index (χ1n) is 6.83. The van der Waals surface area contributed by atoms with E-state index in [1.54, 1.807) is 11.3 Å². The molecule has 1 aliphatic heterocycles. The van der Waals surface area contributed by atoms with Gasteiger partial charge in [0.25, 0.3) is 0 Å². The Morgan fingerprint density at radius 3 is 2.80 bits per heavy atom. The van der Waals surface area contributed by atoms with Crippen LogP contribution in [0.5, 0.6) is 0 Å². The Balaban J connectivity index is 1.61. The molecule has 106 valence electrons. The van der Waals surface area contributed by atoms with Crippen LogP contribution in [0, 0.1) is 5.41 Å². The number of carbonyl (C=O) groups excluding carboxylic acids is 1. The Labute approximate surface area is 118 Å². The Morgan fingerprint density at radius 1 is 1.35 bits per heavy atom. The lowest BCUT2D eigenvalue weighted by molar-refractivity contribution is -0.220. The van der Waals surface area contributed by atoms with Gasteiger partial charge in [0, 0.05) is 37.6 Å². The number of nitrogens with zero attached hydrogens (tertiary/aromatic N) is 3. The van der Waals surface area contributed by atoms with Crippen molar-refractivity contribution < 1.29 is 9.63 Å². The first kappa shape index (κ1) is 13.1. The van der Waals surface area contributed by atoms with Crippen molar-refractivity contribution in [3.63, 3.8) is 0 Å². The highest BCUT2D eigenvalue weighted by Crippen LogP contribution is 2.29. The van der Waals surface area contributed by atoms with Crippen LogP contribution in [0.2, 0.25) is 0 Å².